The third-order valence-electron chi connectivity index (χ3n) is 3.34. The lowest BCUT2D eigenvalue weighted by molar-refractivity contribution is -0.0721. The summed E-state index contributed by atoms with van der Waals surface area (Å²) >= 11 is 0. The molecule has 2 aromatic rings. The van der Waals surface area contributed by atoms with Gasteiger partial charge in [0.2, 0.25) is 11.8 Å². The number of rotatable bonds is 3. The molecule has 3 rings (SSSR count). The quantitative estimate of drug-likeness (QED) is 0.859. The monoisotopic (exact) mass is 273 g/mol. The lowest BCUT2D eigenvalue weighted by atomic mass is 10.2. The van der Waals surface area contributed by atoms with E-state index >= 15 is 0 Å². The standard InChI is InChI=1S/C15H19N3O2/c1-11-8-18(9-12(2)19-11)10-14-16-17-15(20-14)13-6-4-3-5-7-13/h3-7,11-12H,8-10H2,1-2H3/t11-,12-/m0/s1. The number of benzene rings is 1. The van der Waals surface area contributed by atoms with Gasteiger partial charge in [0, 0.05) is 18.7 Å². The molecule has 1 saturated heterocycles. The third-order valence-corrected chi connectivity index (χ3v) is 3.34. The Balaban J connectivity index is 1.68. The molecule has 0 spiro atoms. The Morgan fingerprint density at radius 3 is 2.50 bits per heavy atom. The van der Waals surface area contributed by atoms with E-state index in [1.54, 1.807) is 0 Å². The van der Waals surface area contributed by atoms with Crippen molar-refractivity contribution in [2.75, 3.05) is 13.1 Å². The minimum atomic E-state index is 0.246. The van der Waals surface area contributed by atoms with Gasteiger partial charge in [-0.3, -0.25) is 4.90 Å². The molecule has 0 radical (unpaired) electrons. The fraction of sp³-hybridized carbons (Fsp3) is 0.467. The lowest BCUT2D eigenvalue weighted by Gasteiger charge is -2.34. The maximum Gasteiger partial charge on any atom is 0.247 e. The second-order valence-electron chi connectivity index (χ2n) is 5.32. The molecule has 1 aliphatic rings. The van der Waals surface area contributed by atoms with Crippen molar-refractivity contribution in [3.05, 3.63) is 36.2 Å². The fourth-order valence-electron chi connectivity index (χ4n) is 2.62. The molecular weight excluding hydrogens is 254 g/mol. The van der Waals surface area contributed by atoms with Crippen molar-refractivity contribution in [2.24, 2.45) is 0 Å². The zero-order valence-electron chi connectivity index (χ0n) is 11.8. The average Bonchev–Trinajstić information content (AvgIpc) is 2.87. The van der Waals surface area contributed by atoms with Crippen molar-refractivity contribution >= 4 is 0 Å². The molecule has 1 fully saturated rings. The van der Waals surface area contributed by atoms with Crippen molar-refractivity contribution in [3.63, 3.8) is 0 Å². The molecular formula is C15H19N3O2. The zero-order chi connectivity index (χ0) is 13.9. The Labute approximate surface area is 118 Å². The molecule has 106 valence electrons. The second kappa shape index (κ2) is 5.73. The smallest absolute Gasteiger partial charge is 0.247 e. The van der Waals surface area contributed by atoms with Crippen LogP contribution in [0.25, 0.3) is 11.5 Å². The summed E-state index contributed by atoms with van der Waals surface area (Å²) in [6, 6.07) is 9.83. The van der Waals surface area contributed by atoms with Crippen LogP contribution in [0.2, 0.25) is 0 Å². The maximum atomic E-state index is 5.74. The number of morpholine rings is 1. The van der Waals surface area contributed by atoms with Crippen LogP contribution < -0.4 is 0 Å². The van der Waals surface area contributed by atoms with E-state index in [0.29, 0.717) is 18.3 Å². The highest BCUT2D eigenvalue weighted by Gasteiger charge is 2.23. The first kappa shape index (κ1) is 13.3. The minimum absolute atomic E-state index is 0.246. The van der Waals surface area contributed by atoms with Gasteiger partial charge in [-0.2, -0.15) is 0 Å². The van der Waals surface area contributed by atoms with Crippen molar-refractivity contribution in [1.29, 1.82) is 0 Å². The summed E-state index contributed by atoms with van der Waals surface area (Å²) in [6.45, 7) is 6.65. The number of hydrogen-bond donors (Lipinski definition) is 0. The SMILES string of the molecule is C[C@H]1CN(Cc2nnc(-c3ccccc3)o2)C[C@H](C)O1. The van der Waals surface area contributed by atoms with E-state index in [4.69, 9.17) is 9.15 Å². The molecule has 2 heterocycles. The number of nitrogens with zero attached hydrogens (tertiary/aromatic N) is 3. The summed E-state index contributed by atoms with van der Waals surface area (Å²) in [5, 5.41) is 8.25. The summed E-state index contributed by atoms with van der Waals surface area (Å²) in [7, 11) is 0. The van der Waals surface area contributed by atoms with E-state index in [2.05, 4.69) is 28.9 Å². The number of hydrogen-bond acceptors (Lipinski definition) is 5. The molecule has 0 aliphatic carbocycles. The largest absolute Gasteiger partial charge is 0.419 e. The molecule has 1 aliphatic heterocycles. The van der Waals surface area contributed by atoms with Gasteiger partial charge in [0.25, 0.3) is 0 Å². The van der Waals surface area contributed by atoms with E-state index < -0.39 is 0 Å². The van der Waals surface area contributed by atoms with Crippen LogP contribution in [-0.2, 0) is 11.3 Å². The predicted octanol–water partition coefficient (Wildman–Crippen LogP) is 2.35. The van der Waals surface area contributed by atoms with Crippen LogP contribution in [0, 0.1) is 0 Å². The molecule has 2 atom stereocenters. The Morgan fingerprint density at radius 2 is 1.80 bits per heavy atom. The third kappa shape index (κ3) is 3.05. The molecule has 0 unspecified atom stereocenters. The highest BCUT2D eigenvalue weighted by molar-refractivity contribution is 5.51. The molecule has 0 amide bonds. The van der Waals surface area contributed by atoms with Crippen LogP contribution in [0.15, 0.2) is 34.7 Å². The van der Waals surface area contributed by atoms with Crippen LogP contribution >= 0.6 is 0 Å². The van der Waals surface area contributed by atoms with Gasteiger partial charge in [-0.25, -0.2) is 0 Å². The zero-order valence-corrected chi connectivity index (χ0v) is 11.8. The first-order chi connectivity index (χ1) is 9.70. The van der Waals surface area contributed by atoms with E-state index in [9.17, 15) is 0 Å². The molecule has 5 nitrogen and oxygen atoms in total. The van der Waals surface area contributed by atoms with Crippen LogP contribution in [-0.4, -0.2) is 40.4 Å². The first-order valence-electron chi connectivity index (χ1n) is 6.96. The van der Waals surface area contributed by atoms with Crippen molar-refractivity contribution in [2.45, 2.75) is 32.6 Å². The van der Waals surface area contributed by atoms with Gasteiger partial charge in [-0.1, -0.05) is 18.2 Å². The molecule has 0 saturated carbocycles. The number of ether oxygens (including phenoxy) is 1. The van der Waals surface area contributed by atoms with Gasteiger partial charge in [-0.15, -0.1) is 10.2 Å². The topological polar surface area (TPSA) is 51.4 Å². The maximum absolute atomic E-state index is 5.74. The molecule has 0 N–H and O–H groups in total. The Hall–Kier alpha value is -1.72. The Morgan fingerprint density at radius 1 is 1.10 bits per heavy atom. The van der Waals surface area contributed by atoms with Gasteiger partial charge in [0.15, 0.2) is 0 Å². The van der Waals surface area contributed by atoms with Crippen LogP contribution in [0.4, 0.5) is 0 Å². The van der Waals surface area contributed by atoms with Gasteiger partial charge in [0.1, 0.15) is 0 Å². The highest BCUT2D eigenvalue weighted by Crippen LogP contribution is 2.19. The van der Waals surface area contributed by atoms with Crippen molar-refractivity contribution in [3.8, 4) is 11.5 Å². The van der Waals surface area contributed by atoms with Crippen molar-refractivity contribution in [1.82, 2.24) is 15.1 Å². The molecule has 1 aromatic carbocycles. The summed E-state index contributed by atoms with van der Waals surface area (Å²) in [6.07, 6.45) is 0.491. The van der Waals surface area contributed by atoms with Gasteiger partial charge in [-0.05, 0) is 26.0 Å². The molecule has 20 heavy (non-hydrogen) atoms. The minimum Gasteiger partial charge on any atom is -0.419 e. The summed E-state index contributed by atoms with van der Waals surface area (Å²) in [5.41, 5.74) is 0.954. The van der Waals surface area contributed by atoms with Gasteiger partial charge < -0.3 is 9.15 Å². The normalized spacial score (nSPS) is 23.9. The average molecular weight is 273 g/mol. The highest BCUT2D eigenvalue weighted by atomic mass is 16.5. The summed E-state index contributed by atoms with van der Waals surface area (Å²) in [4.78, 5) is 2.29. The first-order valence-corrected chi connectivity index (χ1v) is 6.96. The van der Waals surface area contributed by atoms with E-state index in [1.165, 1.54) is 0 Å². The molecule has 0 bridgehead atoms. The Bertz CT molecular complexity index is 545. The van der Waals surface area contributed by atoms with Gasteiger partial charge in [0.05, 0.1) is 18.8 Å². The van der Waals surface area contributed by atoms with E-state index in [0.717, 1.165) is 18.7 Å². The molecule has 5 heteroatoms. The van der Waals surface area contributed by atoms with Crippen LogP contribution in [0.3, 0.4) is 0 Å². The summed E-state index contributed by atoms with van der Waals surface area (Å²) < 4.78 is 11.5. The van der Waals surface area contributed by atoms with Crippen molar-refractivity contribution < 1.29 is 9.15 Å². The van der Waals surface area contributed by atoms with Crippen LogP contribution in [0.5, 0.6) is 0 Å². The second-order valence-corrected chi connectivity index (χ2v) is 5.32. The Kier molecular flexibility index (Phi) is 3.80. The summed E-state index contributed by atoms with van der Waals surface area (Å²) in [5.74, 6) is 1.24. The lowest BCUT2D eigenvalue weighted by Crippen LogP contribution is -2.44. The predicted molar refractivity (Wildman–Crippen MR) is 75.0 cm³/mol. The molecule has 1 aromatic heterocycles. The van der Waals surface area contributed by atoms with Crippen LogP contribution in [0.1, 0.15) is 19.7 Å². The van der Waals surface area contributed by atoms with Gasteiger partial charge >= 0.3 is 0 Å². The van der Waals surface area contributed by atoms with E-state index in [-0.39, 0.29) is 12.2 Å². The fourth-order valence-corrected chi connectivity index (χ4v) is 2.62. The van der Waals surface area contributed by atoms with E-state index in [1.807, 2.05) is 30.3 Å². The number of aromatic nitrogens is 2.